The number of Topliss-reactive ketones (excluding diaryl/α,β-unsaturated/α-hetero) is 1. The number of nitrogens with zero attached hydrogens (tertiary/aromatic N) is 2. The van der Waals surface area contributed by atoms with Crippen LogP contribution < -0.4 is 0 Å². The highest BCUT2D eigenvalue weighted by Gasteiger charge is 2.06. The maximum Gasteiger partial charge on any atom is 0.183 e. The molecule has 0 saturated heterocycles. The third-order valence-electron chi connectivity index (χ3n) is 2.43. The van der Waals surface area contributed by atoms with Crippen LogP contribution in [-0.4, -0.2) is 10.9 Å². The van der Waals surface area contributed by atoms with Crippen LogP contribution in [0.4, 0.5) is 5.69 Å². The van der Waals surface area contributed by atoms with Gasteiger partial charge in [-0.3, -0.25) is 4.79 Å². The van der Waals surface area contributed by atoms with Gasteiger partial charge in [0.1, 0.15) is 5.76 Å². The van der Waals surface area contributed by atoms with Gasteiger partial charge in [0.15, 0.2) is 11.5 Å². The van der Waals surface area contributed by atoms with E-state index in [9.17, 15) is 9.90 Å². The second-order valence-corrected chi connectivity index (χ2v) is 3.96. The number of carbonyl (C=O) groups excluding carboxylic acids is 1. The molecule has 0 spiro atoms. The highest BCUT2D eigenvalue weighted by molar-refractivity contribution is 5.93. The van der Waals surface area contributed by atoms with E-state index in [0.29, 0.717) is 5.69 Å². The Morgan fingerprint density at radius 2 is 1.82 bits per heavy atom. The lowest BCUT2D eigenvalue weighted by Gasteiger charge is -2.00. The molecule has 0 fully saturated rings. The van der Waals surface area contributed by atoms with Crippen LogP contribution in [0.5, 0.6) is 0 Å². The molecule has 0 aliphatic rings. The molecule has 0 aliphatic heterocycles. The Balaban J connectivity index is 3.01. The fraction of sp³-hybridized carbons (Fsp3) is 0.308. The van der Waals surface area contributed by atoms with Crippen molar-refractivity contribution in [2.24, 2.45) is 10.2 Å². The van der Waals surface area contributed by atoms with Crippen LogP contribution in [-0.2, 0) is 4.79 Å². The Morgan fingerprint density at radius 3 is 2.29 bits per heavy atom. The van der Waals surface area contributed by atoms with Gasteiger partial charge in [0.05, 0.1) is 5.69 Å². The summed E-state index contributed by atoms with van der Waals surface area (Å²) in [4.78, 5) is 11.2. The number of rotatable bonds is 3. The summed E-state index contributed by atoms with van der Waals surface area (Å²) in [6.45, 7) is 6.74. The van der Waals surface area contributed by atoms with Crippen molar-refractivity contribution in [2.75, 3.05) is 0 Å². The van der Waals surface area contributed by atoms with E-state index in [1.807, 2.05) is 32.0 Å². The maximum atomic E-state index is 11.2. The predicted molar refractivity (Wildman–Crippen MR) is 66.4 cm³/mol. The maximum absolute atomic E-state index is 11.2. The lowest BCUT2D eigenvalue weighted by molar-refractivity contribution is -0.113. The number of azo groups is 1. The highest BCUT2D eigenvalue weighted by Crippen LogP contribution is 2.19. The molecule has 1 N–H and O–H groups in total. The van der Waals surface area contributed by atoms with Crippen molar-refractivity contribution in [3.63, 3.8) is 0 Å². The minimum atomic E-state index is -0.308. The van der Waals surface area contributed by atoms with Crippen molar-refractivity contribution >= 4 is 11.5 Å². The molecule has 4 nitrogen and oxygen atoms in total. The van der Waals surface area contributed by atoms with Gasteiger partial charge in [-0.2, -0.15) is 5.11 Å². The van der Waals surface area contributed by atoms with Gasteiger partial charge >= 0.3 is 0 Å². The number of aliphatic hydroxyl groups excluding tert-OH is 1. The fourth-order valence-corrected chi connectivity index (χ4v) is 1.29. The minimum absolute atomic E-state index is 0.0109. The molecule has 1 rings (SSSR count). The first-order valence-electron chi connectivity index (χ1n) is 5.31. The van der Waals surface area contributed by atoms with Crippen LogP contribution >= 0.6 is 0 Å². The molecule has 0 saturated carbocycles. The summed E-state index contributed by atoms with van der Waals surface area (Å²) >= 11 is 0. The van der Waals surface area contributed by atoms with Gasteiger partial charge in [0.25, 0.3) is 0 Å². The van der Waals surface area contributed by atoms with E-state index in [4.69, 9.17) is 0 Å². The highest BCUT2D eigenvalue weighted by atomic mass is 16.3. The number of hydrogen-bond donors (Lipinski definition) is 1. The van der Waals surface area contributed by atoms with Crippen LogP contribution in [0, 0.1) is 13.8 Å². The first kappa shape index (κ1) is 13.1. The molecule has 1 aromatic rings. The Hall–Kier alpha value is -1.97. The van der Waals surface area contributed by atoms with Crippen molar-refractivity contribution in [3.05, 3.63) is 40.8 Å². The Kier molecular flexibility index (Phi) is 4.15. The van der Waals surface area contributed by atoms with Crippen LogP contribution in [0.2, 0.25) is 0 Å². The molecule has 0 amide bonds. The standard InChI is InChI=1S/C13H16N2O2/c1-8-5-6-12(7-9(8)2)14-15-13(10(3)16)11(4)17/h5-7,16H,1-4H3. The normalized spacial score (nSPS) is 12.7. The lowest BCUT2D eigenvalue weighted by Crippen LogP contribution is -1.96. The first-order chi connectivity index (χ1) is 7.91. The molecule has 4 heteroatoms. The van der Waals surface area contributed by atoms with Gasteiger partial charge in [-0.25, -0.2) is 0 Å². The van der Waals surface area contributed by atoms with E-state index in [0.717, 1.165) is 5.56 Å². The van der Waals surface area contributed by atoms with Crippen molar-refractivity contribution in [1.82, 2.24) is 0 Å². The molecular formula is C13H16N2O2. The molecule has 0 heterocycles. The smallest absolute Gasteiger partial charge is 0.183 e. The van der Waals surface area contributed by atoms with Crippen molar-refractivity contribution in [3.8, 4) is 0 Å². The molecule has 0 unspecified atom stereocenters. The largest absolute Gasteiger partial charge is 0.510 e. The molecule has 0 atom stereocenters. The van der Waals surface area contributed by atoms with Gasteiger partial charge in [0, 0.05) is 6.92 Å². The SMILES string of the molecule is CC(=O)C(N=Nc1ccc(C)c(C)c1)=C(C)O. The summed E-state index contributed by atoms with van der Waals surface area (Å²) in [5, 5.41) is 17.0. The average molecular weight is 232 g/mol. The van der Waals surface area contributed by atoms with Gasteiger partial charge in [-0.1, -0.05) is 6.07 Å². The number of hydrogen-bond acceptors (Lipinski definition) is 4. The summed E-state index contributed by atoms with van der Waals surface area (Å²) in [7, 11) is 0. The number of carbonyl (C=O) groups is 1. The van der Waals surface area contributed by atoms with Crippen molar-refractivity contribution in [2.45, 2.75) is 27.7 Å². The van der Waals surface area contributed by atoms with Crippen LogP contribution in [0.1, 0.15) is 25.0 Å². The van der Waals surface area contributed by atoms with Crippen molar-refractivity contribution in [1.29, 1.82) is 0 Å². The van der Waals surface area contributed by atoms with E-state index >= 15 is 0 Å². The molecule has 0 radical (unpaired) electrons. The molecule has 1 aromatic carbocycles. The molecule has 90 valence electrons. The second-order valence-electron chi connectivity index (χ2n) is 3.96. The zero-order valence-corrected chi connectivity index (χ0v) is 10.5. The molecule has 17 heavy (non-hydrogen) atoms. The Bertz CT molecular complexity index is 498. The van der Waals surface area contributed by atoms with E-state index in [-0.39, 0.29) is 17.2 Å². The summed E-state index contributed by atoms with van der Waals surface area (Å²) in [6.07, 6.45) is 0. The topological polar surface area (TPSA) is 62.0 Å². The second kappa shape index (κ2) is 5.39. The van der Waals surface area contributed by atoms with Gasteiger partial charge in [-0.05, 0) is 44.0 Å². The van der Waals surface area contributed by atoms with E-state index < -0.39 is 0 Å². The Morgan fingerprint density at radius 1 is 1.18 bits per heavy atom. The summed E-state index contributed by atoms with van der Waals surface area (Å²) in [5.41, 5.74) is 2.93. The molecule has 0 aromatic heterocycles. The number of allylic oxidation sites excluding steroid dienone is 2. The van der Waals surface area contributed by atoms with Gasteiger partial charge in [0.2, 0.25) is 0 Å². The molecule has 0 bridgehead atoms. The summed E-state index contributed by atoms with van der Waals surface area (Å²) in [5.74, 6) is -0.428. The van der Waals surface area contributed by atoms with Gasteiger partial charge in [-0.15, -0.1) is 5.11 Å². The number of aliphatic hydroxyl groups is 1. The van der Waals surface area contributed by atoms with Crippen LogP contribution in [0.25, 0.3) is 0 Å². The van der Waals surface area contributed by atoms with Crippen LogP contribution in [0.15, 0.2) is 39.9 Å². The van der Waals surface area contributed by atoms with E-state index in [1.165, 1.54) is 19.4 Å². The van der Waals surface area contributed by atoms with Gasteiger partial charge < -0.3 is 5.11 Å². The number of aryl methyl sites for hydroxylation is 2. The number of ketones is 1. The lowest BCUT2D eigenvalue weighted by atomic mass is 10.1. The monoisotopic (exact) mass is 232 g/mol. The Labute approximate surface area is 101 Å². The van der Waals surface area contributed by atoms with Crippen LogP contribution in [0.3, 0.4) is 0 Å². The minimum Gasteiger partial charge on any atom is -0.510 e. The summed E-state index contributed by atoms with van der Waals surface area (Å²) in [6, 6.07) is 5.63. The molecular weight excluding hydrogens is 216 g/mol. The third-order valence-corrected chi connectivity index (χ3v) is 2.43. The average Bonchev–Trinajstić information content (AvgIpc) is 2.22. The molecule has 0 aliphatic carbocycles. The zero-order chi connectivity index (χ0) is 13.0. The quantitative estimate of drug-likeness (QED) is 0.490. The zero-order valence-electron chi connectivity index (χ0n) is 10.5. The third kappa shape index (κ3) is 3.52. The predicted octanol–water partition coefficient (Wildman–Crippen LogP) is 3.77. The fourth-order valence-electron chi connectivity index (χ4n) is 1.29. The summed E-state index contributed by atoms with van der Waals surface area (Å²) < 4.78 is 0. The van der Waals surface area contributed by atoms with E-state index in [2.05, 4.69) is 10.2 Å². The van der Waals surface area contributed by atoms with E-state index in [1.54, 1.807) is 0 Å². The van der Waals surface area contributed by atoms with Crippen molar-refractivity contribution < 1.29 is 9.90 Å². The number of benzene rings is 1. The first-order valence-corrected chi connectivity index (χ1v) is 5.31.